The number of benzene rings is 8. The summed E-state index contributed by atoms with van der Waals surface area (Å²) in [6.07, 6.45) is 0.375. The van der Waals surface area contributed by atoms with Crippen LogP contribution in [0.15, 0.2) is 133 Å². The lowest BCUT2D eigenvalue weighted by atomic mass is 9.88. The third kappa shape index (κ3) is 13.6. The highest BCUT2D eigenvalue weighted by atomic mass is 35.5. The molecule has 6 amide bonds. The van der Waals surface area contributed by atoms with Crippen molar-refractivity contribution in [3.63, 3.8) is 0 Å². The standard InChI is InChI=1S/C70H62Cl2N8O18/c1-2-3-4-30-5-7-31(8-6-30)28-74-29-42-48(84)27-41-54(62(42)86)40-21-34(11-13-46(40)82)56-66(90)80-60(69(93)79-59(41)70(94)95)61(85)35-12-16-50(44(72)22-35)98-53-25-37-24-52(63(53)87)97-49-15-9-32(17-43(49)71)18-45-64(88)76-57(67(91)78-58(37)68(92)77-56)36-19-38(81)26-39(20-36)96-51-23-33(10-14-47(51)83)55(73)65(89)75-45/h5-17,19-27,45,55-61,74,81-87H,2-4,18,28-29,73H2,1H3,(H,75,89)(H,76,88)(H,77,92)(H,78,91)(H,79,93)(H,80,90)(H,94,95)/t45-,55-,56-,57+,58-,59+,60+,61-/m1/s1. The van der Waals surface area contributed by atoms with Crippen molar-refractivity contribution in [3.8, 4) is 80.1 Å². The van der Waals surface area contributed by atoms with Crippen molar-refractivity contribution in [1.82, 2.24) is 37.2 Å². The maximum atomic E-state index is 16.0. The van der Waals surface area contributed by atoms with Crippen LogP contribution in [0.3, 0.4) is 0 Å². The van der Waals surface area contributed by atoms with Gasteiger partial charge in [-0.25, -0.2) is 4.79 Å². The summed E-state index contributed by atoms with van der Waals surface area (Å²) in [6.45, 7) is 2.02. The van der Waals surface area contributed by atoms with Gasteiger partial charge in [-0.3, -0.25) is 28.8 Å². The van der Waals surface area contributed by atoms with E-state index < -0.39 is 152 Å². The fourth-order valence-corrected chi connectivity index (χ4v) is 12.5. The molecule has 0 unspecified atom stereocenters. The second-order valence-corrected chi connectivity index (χ2v) is 24.7. The summed E-state index contributed by atoms with van der Waals surface area (Å²) in [5.41, 5.74) is 6.17. The Morgan fingerprint density at radius 3 is 1.82 bits per heavy atom. The van der Waals surface area contributed by atoms with Gasteiger partial charge < -0.3 is 98.0 Å². The molecule has 14 rings (SSSR count). The number of unbranched alkanes of at least 4 members (excludes halogenated alkanes) is 1. The smallest absolute Gasteiger partial charge is 0.330 e. The van der Waals surface area contributed by atoms with Gasteiger partial charge in [0.2, 0.25) is 41.2 Å². The number of amides is 6. The van der Waals surface area contributed by atoms with Crippen molar-refractivity contribution in [2.45, 2.75) is 94.1 Å². The number of carbonyl (C=O) groups is 7. The molecule has 28 heteroatoms. The quantitative estimate of drug-likeness (QED) is 0.0695. The molecule has 17 N–H and O–H groups in total. The Hall–Kier alpha value is -11.3. The zero-order valence-corrected chi connectivity index (χ0v) is 53.1. The van der Waals surface area contributed by atoms with E-state index in [9.17, 15) is 55.2 Å². The molecule has 8 atom stereocenters. The van der Waals surface area contributed by atoms with Gasteiger partial charge in [-0.1, -0.05) is 85.1 Å². The molecule has 6 aliphatic heterocycles. The maximum Gasteiger partial charge on any atom is 0.330 e. The molecule has 0 fully saturated rings. The van der Waals surface area contributed by atoms with Gasteiger partial charge in [0.1, 0.15) is 82.6 Å². The lowest BCUT2D eigenvalue weighted by Gasteiger charge is -2.31. The van der Waals surface area contributed by atoms with E-state index in [0.29, 0.717) is 5.56 Å². The Bertz CT molecular complexity index is 4590. The van der Waals surface area contributed by atoms with E-state index in [2.05, 4.69) is 44.1 Å². The molecule has 504 valence electrons. The van der Waals surface area contributed by atoms with Crippen molar-refractivity contribution < 1.29 is 88.6 Å². The molecule has 26 nitrogen and oxygen atoms in total. The Balaban J connectivity index is 1.04. The first-order valence-electron chi connectivity index (χ1n) is 30.7. The summed E-state index contributed by atoms with van der Waals surface area (Å²) in [5.74, 6) is -14.9. The minimum atomic E-state index is -2.23. The number of aliphatic carboxylic acids is 1. The highest BCUT2D eigenvalue weighted by Gasteiger charge is 2.42. The molecular weight excluding hydrogens is 1310 g/mol. The third-order valence-corrected chi connectivity index (χ3v) is 17.8. The molecule has 17 bridgehead atoms. The van der Waals surface area contributed by atoms with Gasteiger partial charge >= 0.3 is 5.97 Å². The number of aryl methyl sites for hydroxylation is 1. The fraction of sp³-hybridized carbons (Fsp3) is 0.214. The molecule has 0 spiro atoms. The van der Waals surface area contributed by atoms with Gasteiger partial charge in [0.05, 0.1) is 15.6 Å². The molecule has 6 aliphatic rings. The number of fused-ring (bicyclic) bond motifs is 14. The first-order chi connectivity index (χ1) is 46.9. The average molecular weight is 1370 g/mol. The minimum absolute atomic E-state index is 0.117. The van der Waals surface area contributed by atoms with Gasteiger partial charge in [-0.05, 0) is 136 Å². The van der Waals surface area contributed by atoms with Crippen molar-refractivity contribution in [2.75, 3.05) is 0 Å². The van der Waals surface area contributed by atoms with Gasteiger partial charge in [0.15, 0.2) is 29.0 Å². The maximum absolute atomic E-state index is 16.0. The van der Waals surface area contributed by atoms with E-state index in [1.54, 1.807) is 0 Å². The van der Waals surface area contributed by atoms with Crippen LogP contribution in [0.25, 0.3) is 11.1 Å². The normalized spacial score (nSPS) is 20.7. The fourth-order valence-electron chi connectivity index (χ4n) is 12.0. The van der Waals surface area contributed by atoms with Crippen LogP contribution in [0, 0.1) is 0 Å². The van der Waals surface area contributed by atoms with Gasteiger partial charge in [0.25, 0.3) is 0 Å². The Morgan fingerprint density at radius 2 is 1.14 bits per heavy atom. The van der Waals surface area contributed by atoms with Gasteiger partial charge in [-0.2, -0.15) is 0 Å². The first kappa shape index (κ1) is 66.7. The van der Waals surface area contributed by atoms with Gasteiger partial charge in [-0.15, -0.1) is 0 Å². The van der Waals surface area contributed by atoms with E-state index in [1.807, 2.05) is 24.3 Å². The van der Waals surface area contributed by atoms with Crippen LogP contribution in [0.5, 0.6) is 69.0 Å². The largest absolute Gasteiger partial charge is 0.508 e. The summed E-state index contributed by atoms with van der Waals surface area (Å²) in [5, 5.41) is 112. The minimum Gasteiger partial charge on any atom is -0.508 e. The van der Waals surface area contributed by atoms with Crippen LogP contribution >= 0.6 is 23.2 Å². The number of carbonyl (C=O) groups excluding carboxylic acids is 6. The predicted molar refractivity (Wildman–Crippen MR) is 351 cm³/mol. The number of aromatic hydroxyl groups is 6. The van der Waals surface area contributed by atoms with Crippen molar-refractivity contribution in [1.29, 1.82) is 0 Å². The van der Waals surface area contributed by atoms with Crippen LogP contribution in [-0.4, -0.2) is 94.3 Å². The topological polar surface area (TPSA) is 419 Å². The molecule has 0 aromatic heterocycles. The van der Waals surface area contributed by atoms with Crippen LogP contribution in [0.4, 0.5) is 0 Å². The average Bonchev–Trinajstić information content (AvgIpc) is 0.762. The summed E-state index contributed by atoms with van der Waals surface area (Å²) in [4.78, 5) is 105. The first-order valence-corrected chi connectivity index (χ1v) is 31.5. The molecule has 8 aromatic rings. The number of carboxylic acids is 1. The summed E-state index contributed by atoms with van der Waals surface area (Å²) >= 11 is 13.8. The number of aliphatic hydroxyl groups is 1. The summed E-state index contributed by atoms with van der Waals surface area (Å²) < 4.78 is 18.6. The van der Waals surface area contributed by atoms with Crippen LogP contribution < -0.4 is 57.2 Å². The lowest BCUT2D eigenvalue weighted by Crippen LogP contribution is -2.55. The van der Waals surface area contributed by atoms with Crippen LogP contribution in [0.2, 0.25) is 10.0 Å². The zero-order valence-electron chi connectivity index (χ0n) is 51.6. The number of carboxylic acid groups (broad SMARTS) is 1. The van der Waals surface area contributed by atoms with E-state index >= 15 is 19.2 Å². The predicted octanol–water partition coefficient (Wildman–Crippen LogP) is 7.62. The molecule has 0 radical (unpaired) electrons. The third-order valence-electron chi connectivity index (χ3n) is 17.2. The highest BCUT2D eigenvalue weighted by Crippen LogP contribution is 2.49. The number of hydrogen-bond acceptors (Lipinski definition) is 19. The molecule has 0 aliphatic carbocycles. The number of halogens is 2. The van der Waals surface area contributed by atoms with E-state index in [4.69, 9.17) is 43.1 Å². The second-order valence-electron chi connectivity index (χ2n) is 23.9. The molecular formula is C70H62Cl2N8O18. The number of phenolic OH excluding ortho intramolecular Hbond substituents is 6. The summed E-state index contributed by atoms with van der Waals surface area (Å²) in [6, 6.07) is 15.2. The zero-order chi connectivity index (χ0) is 69.5. The number of rotatable bonds is 8. The molecule has 0 saturated carbocycles. The SMILES string of the molecule is CCCCc1ccc(CNCc2c(O)cc3c(c2O)-c2cc(ccc2O)[C@H]2NC(=O)[C@@H]4NC(=O)[C@H]5NC(=O)[C@@H](Cc6ccc(c(Cl)c6)Oc6cc4cc(c6O)Oc4ccc(cc4Cl)[C@@H](O)[C@H](NC2=O)C(=O)N[C@@H]3C(=O)O)NC(=O)[C@H](N)c2ccc(O)c(c2)Oc2cc(O)cc5c2)cc1. The monoisotopic (exact) mass is 1370 g/mol. The van der Waals surface area contributed by atoms with Gasteiger partial charge in [0, 0.05) is 42.3 Å². The lowest BCUT2D eigenvalue weighted by molar-refractivity contribution is -0.143. The number of hydrogen-bond donors (Lipinski definition) is 16. The molecule has 8 aromatic carbocycles. The molecule has 0 saturated heterocycles. The van der Waals surface area contributed by atoms with Crippen LogP contribution in [-0.2, 0) is 59.5 Å². The Morgan fingerprint density at radius 1 is 0.541 bits per heavy atom. The number of nitrogens with two attached hydrogens (primary N) is 1. The Kier molecular flexibility index (Phi) is 18.7. The number of nitrogens with one attached hydrogen (secondary N) is 7. The highest BCUT2D eigenvalue weighted by molar-refractivity contribution is 6.32. The van der Waals surface area contributed by atoms with Crippen molar-refractivity contribution >= 4 is 64.6 Å². The van der Waals surface area contributed by atoms with E-state index in [1.165, 1.54) is 54.6 Å². The second kappa shape index (κ2) is 27.4. The van der Waals surface area contributed by atoms with Crippen molar-refractivity contribution in [3.05, 3.63) is 199 Å². The number of ether oxygens (including phenoxy) is 3. The molecule has 98 heavy (non-hydrogen) atoms. The summed E-state index contributed by atoms with van der Waals surface area (Å²) in [7, 11) is 0. The Labute approximate surface area is 566 Å². The number of aliphatic hydroxyl groups excluding tert-OH is 1. The number of phenols is 6. The van der Waals surface area contributed by atoms with Crippen LogP contribution in [0.1, 0.15) is 112 Å². The van der Waals surface area contributed by atoms with E-state index in [-0.39, 0.29) is 85.9 Å². The van der Waals surface area contributed by atoms with Crippen molar-refractivity contribution in [2.24, 2.45) is 5.73 Å². The molecule has 6 heterocycles. The van der Waals surface area contributed by atoms with E-state index in [0.717, 1.165) is 85.0 Å².